The van der Waals surface area contributed by atoms with Crippen molar-refractivity contribution in [1.82, 2.24) is 10.2 Å². The molecule has 1 aromatic heterocycles. The first-order chi connectivity index (χ1) is 7.11. The maximum Gasteiger partial charge on any atom is 0.270 e. The highest BCUT2D eigenvalue weighted by Gasteiger charge is 2.14. The van der Waals surface area contributed by atoms with Crippen molar-refractivity contribution < 1.29 is 4.79 Å². The van der Waals surface area contributed by atoms with Gasteiger partial charge < -0.3 is 5.73 Å². The van der Waals surface area contributed by atoms with Gasteiger partial charge in [0.15, 0.2) is 5.69 Å². The molecule has 1 aromatic carbocycles. The molecule has 4 nitrogen and oxygen atoms in total. The first-order valence-corrected chi connectivity index (χ1v) is 4.77. The number of benzene rings is 1. The summed E-state index contributed by atoms with van der Waals surface area (Å²) in [4.78, 5) is 11.0. The van der Waals surface area contributed by atoms with E-state index < -0.39 is 5.91 Å². The summed E-state index contributed by atoms with van der Waals surface area (Å²) < 4.78 is 0. The van der Waals surface area contributed by atoms with Crippen LogP contribution in [0.2, 0.25) is 10.0 Å². The van der Waals surface area contributed by atoms with Crippen molar-refractivity contribution in [3.8, 4) is 0 Å². The molecule has 0 bridgehead atoms. The van der Waals surface area contributed by atoms with Gasteiger partial charge in [-0.25, -0.2) is 0 Å². The molecule has 76 valence electrons. The van der Waals surface area contributed by atoms with E-state index >= 15 is 0 Å². The molecule has 1 heterocycles. The van der Waals surface area contributed by atoms with Crippen LogP contribution in [0.15, 0.2) is 18.2 Å². The first-order valence-electron chi connectivity index (χ1n) is 4.01. The number of carbonyl (C=O) groups is 1. The number of aromatic nitrogens is 2. The van der Waals surface area contributed by atoms with Gasteiger partial charge in [-0.1, -0.05) is 35.3 Å². The minimum atomic E-state index is -0.714. The van der Waals surface area contributed by atoms with E-state index in [4.69, 9.17) is 28.9 Å². The van der Waals surface area contributed by atoms with Gasteiger partial charge in [0.25, 0.3) is 5.91 Å². The fourth-order valence-corrected chi connectivity index (χ4v) is 1.72. The second-order valence-electron chi connectivity index (χ2n) is 2.86. The van der Waals surface area contributed by atoms with E-state index in [1.807, 2.05) is 0 Å². The highest BCUT2D eigenvalue weighted by Crippen LogP contribution is 2.28. The molecule has 15 heavy (non-hydrogen) atoms. The number of fused-ring (bicyclic) bond motifs is 1. The lowest BCUT2D eigenvalue weighted by atomic mass is 10.2. The Bertz CT molecular complexity index is 556. The van der Waals surface area contributed by atoms with Crippen LogP contribution in [-0.4, -0.2) is 16.1 Å². The fourth-order valence-electron chi connectivity index (χ4n) is 1.22. The summed E-state index contributed by atoms with van der Waals surface area (Å²) >= 11 is 11.8. The van der Waals surface area contributed by atoms with E-state index in [9.17, 15) is 4.79 Å². The standard InChI is InChI=1S/C9H5Cl2N3O/c10-5-3-1-2-4-6(11)8(9(12)15)14-13-7(4)5/h1-3H,(H2,12,15). The van der Waals surface area contributed by atoms with Crippen LogP contribution < -0.4 is 5.73 Å². The highest BCUT2D eigenvalue weighted by molar-refractivity contribution is 6.40. The van der Waals surface area contributed by atoms with Crippen LogP contribution in [0.4, 0.5) is 0 Å². The Morgan fingerprint density at radius 3 is 2.67 bits per heavy atom. The summed E-state index contributed by atoms with van der Waals surface area (Å²) in [7, 11) is 0. The average Bonchev–Trinajstić information content (AvgIpc) is 2.19. The summed E-state index contributed by atoms with van der Waals surface area (Å²) in [6, 6.07) is 5.08. The minimum absolute atomic E-state index is 0.0496. The van der Waals surface area contributed by atoms with E-state index in [-0.39, 0.29) is 10.7 Å². The number of halogens is 2. The van der Waals surface area contributed by atoms with Gasteiger partial charge in [0.2, 0.25) is 0 Å². The number of hydrogen-bond donors (Lipinski definition) is 1. The Kier molecular flexibility index (Phi) is 2.46. The number of rotatable bonds is 1. The van der Waals surface area contributed by atoms with Crippen LogP contribution in [0.3, 0.4) is 0 Å². The molecule has 2 aromatic rings. The van der Waals surface area contributed by atoms with Gasteiger partial charge in [-0.2, -0.15) is 0 Å². The highest BCUT2D eigenvalue weighted by atomic mass is 35.5. The topological polar surface area (TPSA) is 68.9 Å². The first kappa shape index (κ1) is 10.1. The third kappa shape index (κ3) is 1.62. The predicted molar refractivity (Wildman–Crippen MR) is 58.1 cm³/mol. The molecule has 0 aliphatic heterocycles. The zero-order valence-electron chi connectivity index (χ0n) is 7.37. The van der Waals surface area contributed by atoms with Gasteiger partial charge in [0.1, 0.15) is 5.52 Å². The number of primary amides is 1. The third-order valence-electron chi connectivity index (χ3n) is 1.91. The van der Waals surface area contributed by atoms with Gasteiger partial charge >= 0.3 is 0 Å². The molecular weight excluding hydrogens is 237 g/mol. The molecule has 2 rings (SSSR count). The number of carbonyl (C=O) groups excluding carboxylic acids is 1. The van der Waals surface area contributed by atoms with E-state index in [0.717, 1.165) is 0 Å². The van der Waals surface area contributed by atoms with Crippen molar-refractivity contribution >= 4 is 40.0 Å². The fraction of sp³-hybridized carbons (Fsp3) is 0. The van der Waals surface area contributed by atoms with Crippen LogP contribution >= 0.6 is 23.2 Å². The van der Waals surface area contributed by atoms with Crippen molar-refractivity contribution in [3.05, 3.63) is 33.9 Å². The number of nitrogens with two attached hydrogens (primary N) is 1. The maximum absolute atomic E-state index is 11.0. The summed E-state index contributed by atoms with van der Waals surface area (Å²) in [5.41, 5.74) is 5.49. The van der Waals surface area contributed by atoms with Crippen LogP contribution in [0.25, 0.3) is 10.9 Å². The summed E-state index contributed by atoms with van der Waals surface area (Å²) in [6.07, 6.45) is 0. The Morgan fingerprint density at radius 1 is 1.27 bits per heavy atom. The zero-order valence-corrected chi connectivity index (χ0v) is 8.88. The quantitative estimate of drug-likeness (QED) is 0.831. The van der Waals surface area contributed by atoms with Crippen molar-refractivity contribution in [2.75, 3.05) is 0 Å². The molecule has 0 fully saturated rings. The normalized spacial score (nSPS) is 10.5. The van der Waals surface area contributed by atoms with Gasteiger partial charge in [-0.15, -0.1) is 10.2 Å². The second kappa shape index (κ2) is 3.64. The van der Waals surface area contributed by atoms with E-state index in [1.54, 1.807) is 18.2 Å². The largest absolute Gasteiger partial charge is 0.364 e. The predicted octanol–water partition coefficient (Wildman–Crippen LogP) is 2.04. The smallest absolute Gasteiger partial charge is 0.270 e. The van der Waals surface area contributed by atoms with E-state index in [0.29, 0.717) is 15.9 Å². The van der Waals surface area contributed by atoms with Crippen molar-refractivity contribution in [2.24, 2.45) is 5.73 Å². The van der Waals surface area contributed by atoms with Gasteiger partial charge in [0, 0.05) is 5.39 Å². The third-order valence-corrected chi connectivity index (χ3v) is 2.60. The van der Waals surface area contributed by atoms with Crippen LogP contribution in [0.5, 0.6) is 0 Å². The summed E-state index contributed by atoms with van der Waals surface area (Å²) in [6.45, 7) is 0. The van der Waals surface area contributed by atoms with Crippen molar-refractivity contribution in [3.63, 3.8) is 0 Å². The van der Waals surface area contributed by atoms with Crippen LogP contribution in [0.1, 0.15) is 10.5 Å². The summed E-state index contributed by atoms with van der Waals surface area (Å²) in [5, 5.41) is 8.59. The zero-order chi connectivity index (χ0) is 11.0. The Labute approximate surface area is 95.0 Å². The monoisotopic (exact) mass is 241 g/mol. The number of hydrogen-bond acceptors (Lipinski definition) is 3. The molecule has 0 atom stereocenters. The second-order valence-corrected chi connectivity index (χ2v) is 3.65. The van der Waals surface area contributed by atoms with Gasteiger partial charge in [-0.05, 0) is 6.07 Å². The molecule has 0 unspecified atom stereocenters. The van der Waals surface area contributed by atoms with Crippen LogP contribution in [0, 0.1) is 0 Å². The van der Waals surface area contributed by atoms with Crippen molar-refractivity contribution in [1.29, 1.82) is 0 Å². The molecule has 0 spiro atoms. The van der Waals surface area contributed by atoms with E-state index in [2.05, 4.69) is 10.2 Å². The lowest BCUT2D eigenvalue weighted by Crippen LogP contribution is -2.14. The van der Waals surface area contributed by atoms with Crippen LogP contribution in [-0.2, 0) is 0 Å². The Hall–Kier alpha value is -1.39. The molecular formula is C9H5Cl2N3O. The van der Waals surface area contributed by atoms with E-state index in [1.165, 1.54) is 0 Å². The number of nitrogens with zero attached hydrogens (tertiary/aromatic N) is 2. The molecule has 0 saturated carbocycles. The molecule has 2 N–H and O–H groups in total. The molecule has 0 saturated heterocycles. The lowest BCUT2D eigenvalue weighted by molar-refractivity contribution is 0.0995. The number of amides is 1. The molecule has 6 heteroatoms. The summed E-state index contributed by atoms with van der Waals surface area (Å²) in [5.74, 6) is -0.714. The molecule has 0 aliphatic rings. The Balaban J connectivity index is 2.86. The molecule has 0 aliphatic carbocycles. The molecule has 1 amide bonds. The Morgan fingerprint density at radius 2 is 2.00 bits per heavy atom. The van der Waals surface area contributed by atoms with Gasteiger partial charge in [0.05, 0.1) is 10.0 Å². The maximum atomic E-state index is 11.0. The lowest BCUT2D eigenvalue weighted by Gasteiger charge is -2.03. The van der Waals surface area contributed by atoms with Crippen molar-refractivity contribution in [2.45, 2.75) is 0 Å². The average molecular weight is 242 g/mol. The SMILES string of the molecule is NC(=O)c1nnc2c(Cl)cccc2c1Cl. The molecule has 0 radical (unpaired) electrons. The minimum Gasteiger partial charge on any atom is -0.364 e. The van der Waals surface area contributed by atoms with Gasteiger partial charge in [-0.3, -0.25) is 4.79 Å².